The first-order valence-corrected chi connectivity index (χ1v) is 6.52. The lowest BCUT2D eigenvalue weighted by molar-refractivity contribution is -0.385. The van der Waals surface area contributed by atoms with E-state index in [0.717, 1.165) is 32.0 Å². The average molecular weight is 275 g/mol. The monoisotopic (exact) mass is 275 g/mol. The van der Waals surface area contributed by atoms with Gasteiger partial charge in [-0.15, -0.1) is 0 Å². The molecule has 1 aliphatic rings. The molecule has 0 aliphatic carbocycles. The van der Waals surface area contributed by atoms with Gasteiger partial charge in [-0.2, -0.15) is 5.26 Å². The Morgan fingerprint density at radius 3 is 2.60 bits per heavy atom. The van der Waals surface area contributed by atoms with Crippen LogP contribution in [0.1, 0.15) is 12.5 Å². The van der Waals surface area contributed by atoms with Crippen molar-refractivity contribution in [3.8, 4) is 6.07 Å². The number of anilines is 1. The number of piperazine rings is 1. The lowest BCUT2D eigenvalue weighted by atomic mass is 10.2. The Kier molecular flexibility index (Phi) is 4.15. The summed E-state index contributed by atoms with van der Waals surface area (Å²) in [7, 11) is 0. The second kappa shape index (κ2) is 5.84. The van der Waals surface area contributed by atoms with Gasteiger partial charge in [0, 0.05) is 31.7 Å². The van der Waals surface area contributed by atoms with Crippen LogP contribution >= 0.6 is 0 Å². The highest BCUT2D eigenvalue weighted by Crippen LogP contribution is 2.22. The number of rotatable bonds is 3. The quantitative estimate of drug-likeness (QED) is 0.611. The van der Waals surface area contributed by atoms with Crippen LogP contribution in [0.3, 0.4) is 0 Å². The summed E-state index contributed by atoms with van der Waals surface area (Å²) in [5.74, 6) is 0.761. The smallest absolute Gasteiger partial charge is 0.290 e. The van der Waals surface area contributed by atoms with Gasteiger partial charge in [-0.3, -0.25) is 15.0 Å². The summed E-state index contributed by atoms with van der Waals surface area (Å²) in [4.78, 5) is 18.7. The van der Waals surface area contributed by atoms with E-state index in [1.807, 2.05) is 6.92 Å². The van der Waals surface area contributed by atoms with E-state index in [1.165, 1.54) is 6.20 Å². The fraction of sp³-hybridized carbons (Fsp3) is 0.538. The highest BCUT2D eigenvalue weighted by molar-refractivity contribution is 5.48. The molecule has 0 radical (unpaired) electrons. The van der Waals surface area contributed by atoms with Crippen molar-refractivity contribution in [2.45, 2.75) is 19.9 Å². The number of nitriles is 1. The maximum absolute atomic E-state index is 10.8. The van der Waals surface area contributed by atoms with E-state index in [9.17, 15) is 10.1 Å². The van der Waals surface area contributed by atoms with Crippen molar-refractivity contribution in [3.05, 3.63) is 27.9 Å². The normalized spacial score (nSPS) is 17.6. The third-order valence-electron chi connectivity index (χ3n) is 3.64. The van der Waals surface area contributed by atoms with Gasteiger partial charge in [0.1, 0.15) is 12.0 Å². The van der Waals surface area contributed by atoms with Crippen molar-refractivity contribution in [3.63, 3.8) is 0 Å². The van der Waals surface area contributed by atoms with E-state index in [2.05, 4.69) is 20.9 Å². The molecular formula is C13H17N5O2. The summed E-state index contributed by atoms with van der Waals surface area (Å²) in [5, 5.41) is 19.7. The van der Waals surface area contributed by atoms with Gasteiger partial charge in [-0.1, -0.05) is 0 Å². The average Bonchev–Trinajstić information content (AvgIpc) is 2.46. The summed E-state index contributed by atoms with van der Waals surface area (Å²) < 4.78 is 0. The number of aryl methyl sites for hydroxylation is 1. The Labute approximate surface area is 117 Å². The molecule has 106 valence electrons. The second-order valence-corrected chi connectivity index (χ2v) is 4.91. The molecule has 20 heavy (non-hydrogen) atoms. The van der Waals surface area contributed by atoms with Crippen LogP contribution in [0.4, 0.5) is 11.5 Å². The predicted octanol–water partition coefficient (Wildman–Crippen LogP) is 1.33. The number of hydrogen-bond acceptors (Lipinski definition) is 6. The third-order valence-corrected chi connectivity index (χ3v) is 3.64. The molecule has 1 aromatic heterocycles. The molecule has 7 nitrogen and oxygen atoms in total. The van der Waals surface area contributed by atoms with Crippen molar-refractivity contribution in [1.29, 1.82) is 5.26 Å². The van der Waals surface area contributed by atoms with Gasteiger partial charge in [-0.05, 0) is 19.9 Å². The van der Waals surface area contributed by atoms with Crippen LogP contribution in [-0.4, -0.2) is 47.0 Å². The maximum atomic E-state index is 10.8. The topological polar surface area (TPSA) is 86.3 Å². The fourth-order valence-corrected chi connectivity index (χ4v) is 2.32. The summed E-state index contributed by atoms with van der Waals surface area (Å²) in [6.45, 7) is 6.76. The molecule has 0 spiro atoms. The minimum atomic E-state index is -0.418. The SMILES string of the molecule is Cc1cc(N2CCN(C(C)C#N)CC2)ncc1[N+](=O)[O-]. The van der Waals surface area contributed by atoms with Crippen LogP contribution in [0.15, 0.2) is 12.3 Å². The number of pyridine rings is 1. The van der Waals surface area contributed by atoms with Gasteiger partial charge in [0.25, 0.3) is 5.69 Å². The highest BCUT2D eigenvalue weighted by Gasteiger charge is 2.22. The van der Waals surface area contributed by atoms with E-state index >= 15 is 0 Å². The minimum Gasteiger partial charge on any atom is -0.354 e. The maximum Gasteiger partial charge on any atom is 0.290 e. The van der Waals surface area contributed by atoms with Crippen LogP contribution in [0.5, 0.6) is 0 Å². The zero-order valence-electron chi connectivity index (χ0n) is 11.6. The molecule has 0 amide bonds. The number of nitrogens with zero attached hydrogens (tertiary/aromatic N) is 5. The largest absolute Gasteiger partial charge is 0.354 e. The van der Waals surface area contributed by atoms with Crippen LogP contribution < -0.4 is 4.90 Å². The van der Waals surface area contributed by atoms with Gasteiger partial charge in [0.05, 0.1) is 17.0 Å². The molecule has 2 rings (SSSR count). The van der Waals surface area contributed by atoms with Gasteiger partial charge in [0.2, 0.25) is 0 Å². The molecule has 0 N–H and O–H groups in total. The molecular weight excluding hydrogens is 258 g/mol. The van der Waals surface area contributed by atoms with Crippen LogP contribution in [0.25, 0.3) is 0 Å². The van der Waals surface area contributed by atoms with Crippen LogP contribution in [0, 0.1) is 28.4 Å². The molecule has 1 saturated heterocycles. The Hall–Kier alpha value is -2.20. The molecule has 7 heteroatoms. The van der Waals surface area contributed by atoms with E-state index < -0.39 is 4.92 Å². The Bertz CT molecular complexity index is 546. The zero-order valence-corrected chi connectivity index (χ0v) is 11.6. The van der Waals surface area contributed by atoms with Crippen molar-refractivity contribution < 1.29 is 4.92 Å². The highest BCUT2D eigenvalue weighted by atomic mass is 16.6. The van der Waals surface area contributed by atoms with Crippen molar-refractivity contribution >= 4 is 11.5 Å². The molecule has 0 bridgehead atoms. The molecule has 1 fully saturated rings. The molecule has 1 aliphatic heterocycles. The molecule has 1 aromatic rings. The van der Waals surface area contributed by atoms with Gasteiger partial charge >= 0.3 is 0 Å². The van der Waals surface area contributed by atoms with E-state index in [1.54, 1.807) is 13.0 Å². The fourth-order valence-electron chi connectivity index (χ4n) is 2.32. The first kappa shape index (κ1) is 14.2. The summed E-state index contributed by atoms with van der Waals surface area (Å²) in [6.07, 6.45) is 1.31. The van der Waals surface area contributed by atoms with E-state index in [-0.39, 0.29) is 11.7 Å². The third kappa shape index (κ3) is 2.86. The van der Waals surface area contributed by atoms with Crippen LogP contribution in [0.2, 0.25) is 0 Å². The van der Waals surface area contributed by atoms with Gasteiger partial charge in [0.15, 0.2) is 0 Å². The van der Waals surface area contributed by atoms with E-state index in [0.29, 0.717) is 5.56 Å². The molecule has 1 atom stereocenters. The summed E-state index contributed by atoms with van der Waals surface area (Å²) >= 11 is 0. The first-order chi connectivity index (χ1) is 9.52. The predicted molar refractivity (Wildman–Crippen MR) is 74.5 cm³/mol. The zero-order chi connectivity index (χ0) is 14.7. The minimum absolute atomic E-state index is 0.0467. The Balaban J connectivity index is 2.06. The molecule has 0 saturated carbocycles. The number of nitro groups is 1. The molecule has 1 unspecified atom stereocenters. The van der Waals surface area contributed by atoms with Crippen molar-refractivity contribution in [2.24, 2.45) is 0 Å². The van der Waals surface area contributed by atoms with Crippen molar-refractivity contribution in [1.82, 2.24) is 9.88 Å². The van der Waals surface area contributed by atoms with Crippen molar-refractivity contribution in [2.75, 3.05) is 31.1 Å². The summed E-state index contributed by atoms with van der Waals surface area (Å²) in [5.41, 5.74) is 0.665. The second-order valence-electron chi connectivity index (χ2n) is 4.91. The number of aromatic nitrogens is 1. The van der Waals surface area contributed by atoms with E-state index in [4.69, 9.17) is 5.26 Å². The first-order valence-electron chi connectivity index (χ1n) is 6.52. The molecule has 2 heterocycles. The summed E-state index contributed by atoms with van der Waals surface area (Å²) in [6, 6.07) is 3.91. The van der Waals surface area contributed by atoms with Gasteiger partial charge in [-0.25, -0.2) is 4.98 Å². The molecule has 0 aromatic carbocycles. The number of hydrogen-bond donors (Lipinski definition) is 0. The van der Waals surface area contributed by atoms with Crippen LogP contribution in [-0.2, 0) is 0 Å². The standard InChI is InChI=1S/C13H17N5O2/c1-10-7-13(15-9-12(10)18(19)20)17-5-3-16(4-6-17)11(2)8-14/h7,9,11H,3-6H2,1-2H3. The lowest BCUT2D eigenvalue weighted by Gasteiger charge is -2.36. The lowest BCUT2D eigenvalue weighted by Crippen LogP contribution is -2.49. The Morgan fingerprint density at radius 1 is 1.45 bits per heavy atom. The van der Waals surface area contributed by atoms with Gasteiger partial charge < -0.3 is 4.90 Å². The Morgan fingerprint density at radius 2 is 2.10 bits per heavy atom.